The molecule has 0 aliphatic carbocycles. The fraction of sp³-hybridized carbons (Fsp3) is 0.250. The summed E-state index contributed by atoms with van der Waals surface area (Å²) in [6.07, 6.45) is 0. The number of benzene rings is 1. The fourth-order valence-corrected chi connectivity index (χ4v) is 1.22. The van der Waals surface area contributed by atoms with Gasteiger partial charge in [0.1, 0.15) is 0 Å². The highest BCUT2D eigenvalue weighted by atomic mass is 31.0. The molecule has 0 aliphatic heterocycles. The van der Waals surface area contributed by atoms with Crippen molar-refractivity contribution in [3.8, 4) is 11.5 Å². The third-order valence-corrected chi connectivity index (χ3v) is 1.88. The molecule has 0 fully saturated rings. The SMILES string of the molecule is Cc1ccc(C)c(OP)c1O. The predicted octanol–water partition coefficient (Wildman–Crippen LogP) is 2.18. The van der Waals surface area contributed by atoms with Gasteiger partial charge >= 0.3 is 0 Å². The maximum atomic E-state index is 9.44. The quantitative estimate of drug-likeness (QED) is 0.654. The van der Waals surface area contributed by atoms with Gasteiger partial charge in [-0.3, -0.25) is 0 Å². The van der Waals surface area contributed by atoms with E-state index in [0.717, 1.165) is 11.1 Å². The minimum Gasteiger partial charge on any atom is -0.504 e. The van der Waals surface area contributed by atoms with E-state index in [1.54, 1.807) is 0 Å². The van der Waals surface area contributed by atoms with Crippen LogP contribution in [0.2, 0.25) is 0 Å². The molecule has 11 heavy (non-hydrogen) atoms. The molecule has 1 unspecified atom stereocenters. The highest BCUT2D eigenvalue weighted by Crippen LogP contribution is 2.33. The van der Waals surface area contributed by atoms with Crippen LogP contribution in [0.3, 0.4) is 0 Å². The van der Waals surface area contributed by atoms with Crippen molar-refractivity contribution >= 4 is 9.47 Å². The van der Waals surface area contributed by atoms with Crippen LogP contribution in [0.25, 0.3) is 0 Å². The number of aryl methyl sites for hydroxylation is 2. The van der Waals surface area contributed by atoms with Gasteiger partial charge in [-0.1, -0.05) is 12.1 Å². The number of aromatic hydroxyl groups is 1. The molecular weight excluding hydrogens is 159 g/mol. The van der Waals surface area contributed by atoms with E-state index in [1.807, 2.05) is 26.0 Å². The minimum atomic E-state index is 0.222. The van der Waals surface area contributed by atoms with Gasteiger partial charge in [0.2, 0.25) is 0 Å². The molecule has 0 saturated carbocycles. The Hall–Kier alpha value is -0.750. The van der Waals surface area contributed by atoms with Gasteiger partial charge in [0.25, 0.3) is 0 Å². The molecule has 2 nitrogen and oxygen atoms in total. The second-order valence-electron chi connectivity index (χ2n) is 2.49. The predicted molar refractivity (Wildman–Crippen MR) is 47.9 cm³/mol. The van der Waals surface area contributed by atoms with Crippen molar-refractivity contribution in [3.63, 3.8) is 0 Å². The first-order valence-electron chi connectivity index (χ1n) is 3.32. The van der Waals surface area contributed by atoms with E-state index in [1.165, 1.54) is 0 Å². The normalized spacial score (nSPS) is 9.73. The maximum Gasteiger partial charge on any atom is 0.167 e. The average Bonchev–Trinajstić information content (AvgIpc) is 1.99. The Bertz CT molecular complexity index is 271. The van der Waals surface area contributed by atoms with E-state index in [4.69, 9.17) is 4.52 Å². The van der Waals surface area contributed by atoms with Gasteiger partial charge in [0.15, 0.2) is 11.5 Å². The van der Waals surface area contributed by atoms with Crippen molar-refractivity contribution in [2.45, 2.75) is 13.8 Å². The molecule has 1 aromatic rings. The second kappa shape index (κ2) is 3.10. The molecular formula is C8H11O2P. The summed E-state index contributed by atoms with van der Waals surface area (Å²) in [5.74, 6) is 0.759. The van der Waals surface area contributed by atoms with Crippen LogP contribution in [-0.2, 0) is 0 Å². The molecule has 1 atom stereocenters. The summed E-state index contributed by atoms with van der Waals surface area (Å²) in [6, 6.07) is 3.77. The first-order chi connectivity index (χ1) is 5.16. The van der Waals surface area contributed by atoms with E-state index in [0.29, 0.717) is 5.75 Å². The Kier molecular flexibility index (Phi) is 2.35. The van der Waals surface area contributed by atoms with Crippen molar-refractivity contribution in [3.05, 3.63) is 23.3 Å². The third kappa shape index (κ3) is 1.46. The summed E-state index contributed by atoms with van der Waals surface area (Å²) in [5.41, 5.74) is 1.76. The van der Waals surface area contributed by atoms with Gasteiger partial charge in [-0.2, -0.15) is 0 Å². The monoisotopic (exact) mass is 170 g/mol. The largest absolute Gasteiger partial charge is 0.504 e. The Labute approximate surface area is 68.5 Å². The summed E-state index contributed by atoms with van der Waals surface area (Å²) in [5, 5.41) is 9.44. The van der Waals surface area contributed by atoms with E-state index in [9.17, 15) is 5.11 Å². The maximum absolute atomic E-state index is 9.44. The molecule has 1 N–H and O–H groups in total. The molecule has 3 heteroatoms. The van der Waals surface area contributed by atoms with E-state index >= 15 is 0 Å². The lowest BCUT2D eigenvalue weighted by Gasteiger charge is -2.07. The fourth-order valence-electron chi connectivity index (χ4n) is 0.919. The molecule has 1 rings (SSSR count). The first-order valence-corrected chi connectivity index (χ1v) is 3.80. The number of hydrogen-bond acceptors (Lipinski definition) is 2. The Morgan fingerprint density at radius 1 is 1.27 bits per heavy atom. The smallest absolute Gasteiger partial charge is 0.167 e. The molecule has 0 aromatic heterocycles. The lowest BCUT2D eigenvalue weighted by atomic mass is 10.1. The Morgan fingerprint density at radius 3 is 2.27 bits per heavy atom. The van der Waals surface area contributed by atoms with E-state index in [-0.39, 0.29) is 5.75 Å². The molecule has 0 saturated heterocycles. The zero-order valence-corrected chi connectivity index (χ0v) is 7.74. The topological polar surface area (TPSA) is 29.5 Å². The number of phenolic OH excluding ortho intramolecular Hbond substituents is 1. The lowest BCUT2D eigenvalue weighted by molar-refractivity contribution is 0.445. The van der Waals surface area contributed by atoms with Crippen LogP contribution >= 0.6 is 9.47 Å². The van der Waals surface area contributed by atoms with Crippen LogP contribution in [0.4, 0.5) is 0 Å². The van der Waals surface area contributed by atoms with Gasteiger partial charge in [0.05, 0.1) is 9.47 Å². The van der Waals surface area contributed by atoms with Gasteiger partial charge in [-0.25, -0.2) is 0 Å². The van der Waals surface area contributed by atoms with Crippen molar-refractivity contribution in [2.75, 3.05) is 0 Å². The highest BCUT2D eigenvalue weighted by Gasteiger charge is 2.06. The van der Waals surface area contributed by atoms with Crippen LogP contribution in [0.5, 0.6) is 11.5 Å². The van der Waals surface area contributed by atoms with Crippen LogP contribution in [0.1, 0.15) is 11.1 Å². The van der Waals surface area contributed by atoms with Gasteiger partial charge in [-0.15, -0.1) is 0 Å². The standard InChI is InChI=1S/C8H11O2P/c1-5-3-4-6(2)8(10-11)7(5)9/h3-4,9H,11H2,1-2H3. The number of phenols is 1. The second-order valence-corrected chi connectivity index (χ2v) is 2.73. The summed E-state index contributed by atoms with van der Waals surface area (Å²) < 4.78 is 4.92. The number of hydrogen-bond donors (Lipinski definition) is 1. The van der Waals surface area contributed by atoms with Crippen LogP contribution in [0.15, 0.2) is 12.1 Å². The van der Waals surface area contributed by atoms with Gasteiger partial charge < -0.3 is 9.63 Å². The summed E-state index contributed by atoms with van der Waals surface area (Å²) in [7, 11) is 2.12. The van der Waals surface area contributed by atoms with Crippen LogP contribution < -0.4 is 4.52 Å². The van der Waals surface area contributed by atoms with Crippen molar-refractivity contribution in [1.82, 2.24) is 0 Å². The summed E-state index contributed by atoms with van der Waals surface area (Å²) in [6.45, 7) is 3.72. The molecule has 0 radical (unpaired) electrons. The van der Waals surface area contributed by atoms with Crippen LogP contribution in [-0.4, -0.2) is 5.11 Å². The minimum absolute atomic E-state index is 0.222. The average molecular weight is 170 g/mol. The van der Waals surface area contributed by atoms with Crippen molar-refractivity contribution in [2.24, 2.45) is 0 Å². The summed E-state index contributed by atoms with van der Waals surface area (Å²) >= 11 is 0. The van der Waals surface area contributed by atoms with Gasteiger partial charge in [-0.05, 0) is 25.0 Å². The highest BCUT2D eigenvalue weighted by molar-refractivity contribution is 7.10. The van der Waals surface area contributed by atoms with Gasteiger partial charge in [0, 0.05) is 0 Å². The molecule has 1 aromatic carbocycles. The van der Waals surface area contributed by atoms with E-state index < -0.39 is 0 Å². The molecule has 0 heterocycles. The first kappa shape index (κ1) is 8.35. The van der Waals surface area contributed by atoms with Crippen molar-refractivity contribution in [1.29, 1.82) is 0 Å². The molecule has 0 aliphatic rings. The Balaban J connectivity index is 3.29. The number of rotatable bonds is 1. The van der Waals surface area contributed by atoms with Crippen LogP contribution in [0, 0.1) is 13.8 Å². The zero-order valence-electron chi connectivity index (χ0n) is 6.59. The molecule has 0 spiro atoms. The Morgan fingerprint density at radius 2 is 1.82 bits per heavy atom. The molecule has 0 bridgehead atoms. The third-order valence-electron chi connectivity index (χ3n) is 1.65. The van der Waals surface area contributed by atoms with Crippen molar-refractivity contribution < 1.29 is 9.63 Å². The molecule has 0 amide bonds. The molecule has 60 valence electrons. The summed E-state index contributed by atoms with van der Waals surface area (Å²) in [4.78, 5) is 0. The zero-order chi connectivity index (χ0) is 8.43. The lowest BCUT2D eigenvalue weighted by Crippen LogP contribution is -1.84. The van der Waals surface area contributed by atoms with E-state index in [2.05, 4.69) is 9.47 Å².